The summed E-state index contributed by atoms with van der Waals surface area (Å²) < 4.78 is 30.6. The van der Waals surface area contributed by atoms with Crippen molar-refractivity contribution in [2.24, 2.45) is 5.92 Å². The fourth-order valence-electron chi connectivity index (χ4n) is 3.90. The monoisotopic (exact) mass is 486 g/mol. The summed E-state index contributed by atoms with van der Waals surface area (Å²) in [5, 5.41) is 2.70. The second-order valence-corrected chi connectivity index (χ2v) is 10.8. The molecule has 1 aliphatic rings. The molecule has 1 atom stereocenters. The molecule has 0 radical (unpaired) electrons. The minimum atomic E-state index is -3.40. The third-order valence-corrected chi connectivity index (χ3v) is 6.89. The lowest BCUT2D eigenvalue weighted by atomic mass is 9.99. The van der Waals surface area contributed by atoms with Crippen molar-refractivity contribution in [2.75, 3.05) is 23.7 Å². The molecule has 0 bridgehead atoms. The quantitative estimate of drug-likeness (QED) is 0.454. The summed E-state index contributed by atoms with van der Waals surface area (Å²) in [5.74, 6) is -1.73. The van der Waals surface area contributed by atoms with Crippen molar-refractivity contribution in [3.8, 4) is 0 Å². The van der Waals surface area contributed by atoms with Gasteiger partial charge >= 0.3 is 5.97 Å². The molecule has 0 spiro atoms. The first-order valence-electron chi connectivity index (χ1n) is 11.2. The number of hydrogen-bond acceptors (Lipinski definition) is 6. The van der Waals surface area contributed by atoms with E-state index in [4.69, 9.17) is 4.74 Å². The third-order valence-electron chi connectivity index (χ3n) is 5.71. The molecule has 3 rings (SSSR count). The highest BCUT2D eigenvalue weighted by Crippen LogP contribution is 2.30. The maximum absolute atomic E-state index is 12.7. The van der Waals surface area contributed by atoms with E-state index in [9.17, 15) is 22.8 Å². The number of ketones is 1. The van der Waals surface area contributed by atoms with Gasteiger partial charge in [0.15, 0.2) is 12.4 Å². The minimum Gasteiger partial charge on any atom is -0.456 e. The molecule has 1 aliphatic heterocycles. The Morgan fingerprint density at radius 3 is 2.47 bits per heavy atom. The summed E-state index contributed by atoms with van der Waals surface area (Å²) >= 11 is 0. The Labute approximate surface area is 200 Å². The van der Waals surface area contributed by atoms with Gasteiger partial charge in [0.25, 0.3) is 5.91 Å². The van der Waals surface area contributed by atoms with Crippen LogP contribution in [0.1, 0.15) is 52.1 Å². The van der Waals surface area contributed by atoms with Crippen molar-refractivity contribution in [1.29, 1.82) is 0 Å². The lowest BCUT2D eigenvalue weighted by Gasteiger charge is -2.29. The number of fused-ring (bicyclic) bond motifs is 1. The number of sulfonamides is 1. The van der Waals surface area contributed by atoms with Crippen LogP contribution in [0.3, 0.4) is 0 Å². The Hall–Kier alpha value is -3.20. The summed E-state index contributed by atoms with van der Waals surface area (Å²) in [6.07, 6.45) is 2.47. The van der Waals surface area contributed by atoms with E-state index >= 15 is 0 Å². The van der Waals surface area contributed by atoms with E-state index in [2.05, 4.69) is 5.32 Å². The van der Waals surface area contributed by atoms with E-state index in [1.807, 2.05) is 13.0 Å². The standard InChI is InChI=1S/C25H30N2O6S/c1-16(2)23(26-24(29)20-8-5-7-17(3)13-20)25(30)33-15-22(28)19-10-11-21-18(14-19)9-6-12-27(21)34(4,31)32/h5,7-8,10-11,13-14,16,23H,6,9,12,15H2,1-4H3,(H,26,29)/t23-/m0/s1. The molecule has 0 unspecified atom stereocenters. The normalized spacial score (nSPS) is 14.3. The number of Topliss-reactive ketones (excluding diaryl/α,β-unsaturated/α-hetero) is 1. The van der Waals surface area contributed by atoms with Crippen LogP contribution in [0.5, 0.6) is 0 Å². The second-order valence-electron chi connectivity index (χ2n) is 8.88. The molecule has 182 valence electrons. The summed E-state index contributed by atoms with van der Waals surface area (Å²) in [4.78, 5) is 37.9. The SMILES string of the molecule is Cc1cccc(C(=O)N[C@H](C(=O)OCC(=O)c2ccc3c(c2)CCCN3S(C)(=O)=O)C(C)C)c1. The zero-order valence-corrected chi connectivity index (χ0v) is 20.6. The van der Waals surface area contributed by atoms with Crippen LogP contribution in [-0.2, 0) is 26.0 Å². The maximum Gasteiger partial charge on any atom is 0.329 e. The van der Waals surface area contributed by atoms with Crippen molar-refractivity contribution in [2.45, 2.75) is 39.7 Å². The predicted molar refractivity (Wildman–Crippen MR) is 130 cm³/mol. The van der Waals surface area contributed by atoms with Crippen LogP contribution in [-0.4, -0.2) is 51.5 Å². The van der Waals surface area contributed by atoms with Gasteiger partial charge in [-0.2, -0.15) is 0 Å². The number of benzene rings is 2. The minimum absolute atomic E-state index is 0.248. The zero-order chi connectivity index (χ0) is 25.0. The molecule has 0 aromatic heterocycles. The van der Waals surface area contributed by atoms with Crippen molar-refractivity contribution >= 4 is 33.4 Å². The Kier molecular flexibility index (Phi) is 7.76. The van der Waals surface area contributed by atoms with Gasteiger partial charge in [0, 0.05) is 17.7 Å². The van der Waals surface area contributed by atoms with Gasteiger partial charge in [-0.1, -0.05) is 31.5 Å². The summed E-state index contributed by atoms with van der Waals surface area (Å²) in [6.45, 7) is 5.36. The molecule has 0 saturated heterocycles. The fraction of sp³-hybridized carbons (Fsp3) is 0.400. The van der Waals surface area contributed by atoms with Gasteiger partial charge in [0.2, 0.25) is 10.0 Å². The van der Waals surface area contributed by atoms with Gasteiger partial charge in [0.05, 0.1) is 11.9 Å². The highest BCUT2D eigenvalue weighted by Gasteiger charge is 2.28. The van der Waals surface area contributed by atoms with Crippen LogP contribution in [0, 0.1) is 12.8 Å². The number of ether oxygens (including phenoxy) is 1. The Morgan fingerprint density at radius 2 is 1.82 bits per heavy atom. The van der Waals surface area contributed by atoms with Crippen molar-refractivity contribution in [3.05, 3.63) is 64.7 Å². The average Bonchev–Trinajstić information content (AvgIpc) is 2.78. The van der Waals surface area contributed by atoms with E-state index in [0.717, 1.165) is 17.4 Å². The van der Waals surface area contributed by atoms with E-state index < -0.39 is 40.3 Å². The highest BCUT2D eigenvalue weighted by atomic mass is 32.2. The number of amides is 1. The van der Waals surface area contributed by atoms with Gasteiger partial charge in [-0.3, -0.25) is 13.9 Å². The smallest absolute Gasteiger partial charge is 0.329 e. The number of nitrogens with one attached hydrogen (secondary N) is 1. The van der Waals surface area contributed by atoms with E-state index in [1.54, 1.807) is 44.2 Å². The lowest BCUT2D eigenvalue weighted by molar-refractivity contribution is -0.145. The summed E-state index contributed by atoms with van der Waals surface area (Å²) in [5.41, 5.74) is 3.03. The van der Waals surface area contributed by atoms with Gasteiger partial charge in [-0.15, -0.1) is 0 Å². The third kappa shape index (κ3) is 6.02. The van der Waals surface area contributed by atoms with Crippen LogP contribution in [0.15, 0.2) is 42.5 Å². The first kappa shape index (κ1) is 25.4. The number of rotatable bonds is 8. The number of esters is 1. The topological polar surface area (TPSA) is 110 Å². The van der Waals surface area contributed by atoms with Crippen LogP contribution in [0.25, 0.3) is 0 Å². The van der Waals surface area contributed by atoms with Gasteiger partial charge in [-0.25, -0.2) is 13.2 Å². The second kappa shape index (κ2) is 10.4. The zero-order valence-electron chi connectivity index (χ0n) is 19.8. The number of hydrogen-bond donors (Lipinski definition) is 1. The van der Waals surface area contributed by atoms with Crippen molar-refractivity contribution in [3.63, 3.8) is 0 Å². The number of anilines is 1. The molecule has 0 saturated carbocycles. The molecule has 2 aromatic carbocycles. The molecule has 8 nitrogen and oxygen atoms in total. The molecular weight excluding hydrogens is 456 g/mol. The summed E-state index contributed by atoms with van der Waals surface area (Å²) in [7, 11) is -3.40. The number of aryl methyl sites for hydroxylation is 2. The average molecular weight is 487 g/mol. The van der Waals surface area contributed by atoms with Crippen molar-refractivity contribution in [1.82, 2.24) is 5.32 Å². The Bertz CT molecular complexity index is 1210. The van der Waals surface area contributed by atoms with Crippen LogP contribution < -0.4 is 9.62 Å². The van der Waals surface area contributed by atoms with E-state index in [0.29, 0.717) is 36.2 Å². The highest BCUT2D eigenvalue weighted by molar-refractivity contribution is 7.92. The van der Waals surface area contributed by atoms with E-state index in [1.165, 1.54) is 10.4 Å². The van der Waals surface area contributed by atoms with Gasteiger partial charge in [0.1, 0.15) is 6.04 Å². The molecular formula is C25H30N2O6S. The Balaban J connectivity index is 1.66. The fourth-order valence-corrected chi connectivity index (χ4v) is 4.90. The number of carbonyl (C=O) groups excluding carboxylic acids is 3. The first-order chi connectivity index (χ1) is 16.0. The Morgan fingerprint density at radius 1 is 1.09 bits per heavy atom. The maximum atomic E-state index is 12.7. The molecule has 1 amide bonds. The van der Waals surface area contributed by atoms with Gasteiger partial charge < -0.3 is 10.1 Å². The van der Waals surface area contributed by atoms with Crippen LogP contribution in [0.2, 0.25) is 0 Å². The molecule has 2 aromatic rings. The van der Waals surface area contributed by atoms with E-state index in [-0.39, 0.29) is 5.92 Å². The summed E-state index contributed by atoms with van der Waals surface area (Å²) in [6, 6.07) is 10.9. The van der Waals surface area contributed by atoms with Crippen LogP contribution >= 0.6 is 0 Å². The van der Waals surface area contributed by atoms with Crippen LogP contribution in [0.4, 0.5) is 5.69 Å². The molecule has 34 heavy (non-hydrogen) atoms. The lowest BCUT2D eigenvalue weighted by Crippen LogP contribution is -2.45. The molecule has 0 aliphatic carbocycles. The molecule has 9 heteroatoms. The number of carbonyl (C=O) groups is 3. The largest absolute Gasteiger partial charge is 0.456 e. The predicted octanol–water partition coefficient (Wildman–Crippen LogP) is 2.89. The number of nitrogens with zero attached hydrogens (tertiary/aromatic N) is 1. The molecule has 1 heterocycles. The molecule has 1 N–H and O–H groups in total. The van der Waals surface area contributed by atoms with Gasteiger partial charge in [-0.05, 0) is 61.6 Å². The first-order valence-corrected chi connectivity index (χ1v) is 13.0. The van der Waals surface area contributed by atoms with Crippen molar-refractivity contribution < 1.29 is 27.5 Å². The molecule has 0 fully saturated rings.